The van der Waals surface area contributed by atoms with Gasteiger partial charge in [0, 0.05) is 43.1 Å². The fourth-order valence-electron chi connectivity index (χ4n) is 8.86. The van der Waals surface area contributed by atoms with Crippen LogP contribution in [0.2, 0.25) is 0 Å². The average Bonchev–Trinajstić information content (AvgIpc) is 3.69. The largest absolute Gasteiger partial charge is 0.246 e. The van der Waals surface area contributed by atoms with E-state index >= 15 is 0 Å². The molecule has 0 spiro atoms. The van der Waals surface area contributed by atoms with Crippen molar-refractivity contribution in [3.63, 3.8) is 0 Å². The molecule has 0 aliphatic carbocycles. The van der Waals surface area contributed by atoms with Crippen LogP contribution >= 0.6 is 11.3 Å². The van der Waals surface area contributed by atoms with Crippen molar-refractivity contribution >= 4 is 85.5 Å². The minimum Gasteiger partial charge on any atom is -0.246 e. The number of hydrogen-bond acceptors (Lipinski definition) is 4. The number of aromatic nitrogens is 3. The third-order valence-corrected chi connectivity index (χ3v) is 12.6. The van der Waals surface area contributed by atoms with Gasteiger partial charge in [-0.15, -0.1) is 11.3 Å². The molecule has 0 aliphatic rings. The lowest BCUT2D eigenvalue weighted by Gasteiger charge is -2.15. The summed E-state index contributed by atoms with van der Waals surface area (Å²) in [6.45, 7) is 0. The van der Waals surface area contributed by atoms with E-state index in [0.717, 1.165) is 55.6 Å². The second-order valence-corrected chi connectivity index (χ2v) is 15.7. The summed E-state index contributed by atoms with van der Waals surface area (Å²) in [4.78, 5) is 15.9. The number of hydrogen-bond donors (Lipinski definition) is 0. The van der Waals surface area contributed by atoms with Crippen molar-refractivity contribution in [3.8, 4) is 45.2 Å². The van der Waals surface area contributed by atoms with E-state index in [2.05, 4.69) is 170 Å². The van der Waals surface area contributed by atoms with E-state index in [9.17, 15) is 0 Å². The van der Waals surface area contributed by atoms with Gasteiger partial charge in [0.2, 0.25) is 0 Å². The molecule has 0 saturated carbocycles. The van der Waals surface area contributed by atoms with Crippen molar-refractivity contribution in [2.45, 2.75) is 0 Å². The van der Waals surface area contributed by atoms with E-state index < -0.39 is 0 Å². The van der Waals surface area contributed by atoms with Crippen LogP contribution in [0.4, 0.5) is 0 Å². The number of nitrogens with zero attached hydrogens (tertiary/aromatic N) is 3. The molecule has 0 fully saturated rings. The maximum atomic E-state index is 5.38. The Morgan fingerprint density at radius 3 is 1.61 bits per heavy atom. The molecule has 0 aliphatic heterocycles. The number of thiophene rings is 1. The topological polar surface area (TPSA) is 38.7 Å². The monoisotopic (exact) mass is 741 g/mol. The second-order valence-electron chi connectivity index (χ2n) is 14.7. The number of fused-ring (bicyclic) bond motifs is 12. The molecule has 0 saturated heterocycles. The van der Waals surface area contributed by atoms with Gasteiger partial charge in [0.25, 0.3) is 0 Å². The van der Waals surface area contributed by atoms with Crippen LogP contribution in [0, 0.1) is 0 Å². The summed E-state index contributed by atoms with van der Waals surface area (Å²) in [5, 5.41) is 13.5. The van der Waals surface area contributed by atoms with Gasteiger partial charge in [-0.05, 0) is 67.4 Å². The van der Waals surface area contributed by atoms with Crippen molar-refractivity contribution in [3.05, 3.63) is 188 Å². The molecule has 0 unspecified atom stereocenters. The maximum Gasteiger partial charge on any atom is 0.160 e. The normalized spacial score (nSPS) is 11.9. The molecule has 3 nitrogen and oxygen atoms in total. The molecular weight excluding hydrogens is 711 g/mol. The quantitative estimate of drug-likeness (QED) is 0.169. The summed E-state index contributed by atoms with van der Waals surface area (Å²) in [5.74, 6) is 0.697. The van der Waals surface area contributed by atoms with Gasteiger partial charge < -0.3 is 0 Å². The summed E-state index contributed by atoms with van der Waals surface area (Å²) in [7, 11) is 0. The predicted molar refractivity (Wildman–Crippen MR) is 242 cm³/mol. The smallest absolute Gasteiger partial charge is 0.160 e. The minimum absolute atomic E-state index is 0.697. The molecule has 3 aromatic heterocycles. The Hall–Kier alpha value is -7.27. The summed E-state index contributed by atoms with van der Waals surface area (Å²) in [5.41, 5.74) is 7.97. The summed E-state index contributed by atoms with van der Waals surface area (Å²) in [6.07, 6.45) is 0. The van der Waals surface area contributed by atoms with Crippen molar-refractivity contribution in [1.29, 1.82) is 0 Å². The minimum atomic E-state index is 0.697. The molecule has 0 radical (unpaired) electrons. The van der Waals surface area contributed by atoms with E-state index in [0.29, 0.717) is 5.82 Å². The second kappa shape index (κ2) is 12.6. The number of para-hydroxylation sites is 1. The highest BCUT2D eigenvalue weighted by molar-refractivity contribution is 7.26. The van der Waals surface area contributed by atoms with E-state index in [1.54, 1.807) is 0 Å². The molecule has 264 valence electrons. The standard InChI is InChI=1S/C53H31N3S/c1-2-14-32(15-3-1)53-55-47(33-26-27-40-36-18-5-4-16-34(36)35-17-6-9-21-39(35)45(40)30-33)31-48(56-53)41-28-29-42(38-20-8-7-19-37(38)41)51-52-50(43-22-10-12-24-46(43)54-51)44-23-11-13-25-49(44)57-52/h1-31H. The molecule has 3 heterocycles. The van der Waals surface area contributed by atoms with Crippen molar-refractivity contribution < 1.29 is 0 Å². The van der Waals surface area contributed by atoms with Crippen LogP contribution in [0.5, 0.6) is 0 Å². The van der Waals surface area contributed by atoms with Crippen LogP contribution < -0.4 is 0 Å². The number of benzene rings is 9. The zero-order valence-corrected chi connectivity index (χ0v) is 31.5. The first-order valence-corrected chi connectivity index (χ1v) is 20.1. The molecule has 9 aromatic carbocycles. The van der Waals surface area contributed by atoms with Gasteiger partial charge in [0.1, 0.15) is 0 Å². The van der Waals surface area contributed by atoms with Crippen molar-refractivity contribution in [2.24, 2.45) is 0 Å². The van der Waals surface area contributed by atoms with E-state index in [1.165, 1.54) is 57.9 Å². The summed E-state index contributed by atoms with van der Waals surface area (Å²) in [6, 6.07) is 67.1. The Bertz CT molecular complexity index is 3550. The summed E-state index contributed by atoms with van der Waals surface area (Å²) < 4.78 is 2.48. The van der Waals surface area contributed by atoms with Crippen LogP contribution in [-0.4, -0.2) is 15.0 Å². The van der Waals surface area contributed by atoms with Crippen LogP contribution in [0.3, 0.4) is 0 Å². The molecule has 0 bridgehead atoms. The molecule has 12 aromatic rings. The van der Waals surface area contributed by atoms with Gasteiger partial charge in [-0.3, -0.25) is 0 Å². The molecular formula is C53H31N3S. The lowest BCUT2D eigenvalue weighted by molar-refractivity contribution is 1.19. The first-order chi connectivity index (χ1) is 28.3. The molecule has 0 atom stereocenters. The summed E-state index contributed by atoms with van der Waals surface area (Å²) >= 11 is 1.82. The van der Waals surface area contributed by atoms with Crippen LogP contribution in [0.1, 0.15) is 0 Å². The Morgan fingerprint density at radius 2 is 0.877 bits per heavy atom. The fourth-order valence-corrected chi connectivity index (χ4v) is 10.1. The van der Waals surface area contributed by atoms with Crippen LogP contribution in [0.15, 0.2) is 188 Å². The van der Waals surface area contributed by atoms with Gasteiger partial charge >= 0.3 is 0 Å². The lowest BCUT2D eigenvalue weighted by atomic mass is 9.92. The zero-order chi connectivity index (χ0) is 37.5. The van der Waals surface area contributed by atoms with E-state index in [1.807, 2.05) is 29.5 Å². The molecule has 4 heteroatoms. The average molecular weight is 742 g/mol. The van der Waals surface area contributed by atoms with Gasteiger partial charge in [-0.2, -0.15) is 0 Å². The molecule has 57 heavy (non-hydrogen) atoms. The highest BCUT2D eigenvalue weighted by Crippen LogP contribution is 2.45. The first-order valence-electron chi connectivity index (χ1n) is 19.3. The number of pyridine rings is 1. The van der Waals surface area contributed by atoms with Gasteiger partial charge in [-0.1, -0.05) is 164 Å². The SMILES string of the molecule is c1ccc(-c2nc(-c3ccc4c5ccccc5c5ccccc5c4c3)cc(-c3ccc(-c4nc5ccccc5c5c4sc4ccccc45)c4ccccc34)n2)cc1. The third kappa shape index (κ3) is 5.01. The van der Waals surface area contributed by atoms with Gasteiger partial charge in [0.05, 0.1) is 27.3 Å². The first kappa shape index (κ1) is 32.0. The zero-order valence-electron chi connectivity index (χ0n) is 30.6. The van der Waals surface area contributed by atoms with Crippen LogP contribution in [0.25, 0.3) is 119 Å². The number of rotatable bonds is 4. The van der Waals surface area contributed by atoms with E-state index in [-0.39, 0.29) is 0 Å². The Kier molecular flexibility index (Phi) is 7.10. The molecule has 0 amide bonds. The lowest BCUT2D eigenvalue weighted by Crippen LogP contribution is -1.97. The maximum absolute atomic E-state index is 5.38. The Labute approximate surface area is 332 Å². The predicted octanol–water partition coefficient (Wildman–Crippen LogP) is 14.7. The highest BCUT2D eigenvalue weighted by atomic mass is 32.1. The van der Waals surface area contributed by atoms with Crippen LogP contribution in [-0.2, 0) is 0 Å². The van der Waals surface area contributed by atoms with E-state index in [4.69, 9.17) is 15.0 Å². The molecule has 12 rings (SSSR count). The van der Waals surface area contributed by atoms with Crippen molar-refractivity contribution in [1.82, 2.24) is 15.0 Å². The molecule has 0 N–H and O–H groups in total. The van der Waals surface area contributed by atoms with Gasteiger partial charge in [-0.25, -0.2) is 15.0 Å². The third-order valence-electron chi connectivity index (χ3n) is 11.5. The van der Waals surface area contributed by atoms with Gasteiger partial charge in [0.15, 0.2) is 5.82 Å². The Balaban J connectivity index is 1.09. The highest BCUT2D eigenvalue weighted by Gasteiger charge is 2.20. The Morgan fingerprint density at radius 1 is 0.333 bits per heavy atom. The van der Waals surface area contributed by atoms with Crippen molar-refractivity contribution in [2.75, 3.05) is 0 Å². The fraction of sp³-hybridized carbons (Fsp3) is 0.